The summed E-state index contributed by atoms with van der Waals surface area (Å²) in [7, 11) is 0. The predicted molar refractivity (Wildman–Crippen MR) is 67.9 cm³/mol. The van der Waals surface area contributed by atoms with E-state index in [0.717, 1.165) is 12.0 Å². The van der Waals surface area contributed by atoms with Crippen molar-refractivity contribution < 1.29 is 0 Å². The Bertz CT molecular complexity index is 440. The first-order valence-corrected chi connectivity index (χ1v) is 5.64. The summed E-state index contributed by atoms with van der Waals surface area (Å²) in [5.41, 5.74) is 4.06. The molecule has 0 aliphatic heterocycles. The lowest BCUT2D eigenvalue weighted by Gasteiger charge is -2.21. The quantitative estimate of drug-likeness (QED) is 0.758. The van der Waals surface area contributed by atoms with Crippen LogP contribution in [-0.2, 0) is 0 Å². The van der Waals surface area contributed by atoms with Crippen LogP contribution >= 0.6 is 0 Å². The molecular weight excluding hydrogens is 196 g/mol. The number of aromatic nitrogens is 2. The number of nitrogens with zero attached hydrogens (tertiary/aromatic N) is 1. The smallest absolute Gasteiger partial charge is 0.0565 e. The zero-order valence-corrected chi connectivity index (χ0v) is 10.1. The lowest BCUT2D eigenvalue weighted by Crippen LogP contribution is -2.08. The summed E-state index contributed by atoms with van der Waals surface area (Å²) in [6, 6.07) is 0. The summed E-state index contributed by atoms with van der Waals surface area (Å²) >= 11 is 0. The first-order valence-electron chi connectivity index (χ1n) is 5.64. The molecular formula is C14H18N2. The Morgan fingerprint density at radius 2 is 2.06 bits per heavy atom. The highest BCUT2D eigenvalue weighted by Gasteiger charge is 2.16. The van der Waals surface area contributed by atoms with Gasteiger partial charge in [-0.25, -0.2) is 0 Å². The van der Waals surface area contributed by atoms with Gasteiger partial charge >= 0.3 is 0 Å². The molecule has 1 N–H and O–H groups in total. The summed E-state index contributed by atoms with van der Waals surface area (Å²) in [5.74, 6) is 0. The summed E-state index contributed by atoms with van der Waals surface area (Å²) in [4.78, 5) is 0. The van der Waals surface area contributed by atoms with Crippen molar-refractivity contribution >= 4 is 5.57 Å². The topological polar surface area (TPSA) is 28.7 Å². The van der Waals surface area contributed by atoms with Gasteiger partial charge in [0.05, 0.1) is 6.20 Å². The number of H-pyrrole nitrogens is 1. The maximum atomic E-state index is 3.98. The van der Waals surface area contributed by atoms with Gasteiger partial charge in [0, 0.05) is 11.8 Å². The maximum absolute atomic E-state index is 3.98. The molecule has 0 saturated heterocycles. The fraction of sp³-hybridized carbons (Fsp3) is 0.357. The average Bonchev–Trinajstić information content (AvgIpc) is 2.60. The van der Waals surface area contributed by atoms with E-state index >= 15 is 0 Å². The number of aromatic amines is 1. The van der Waals surface area contributed by atoms with E-state index in [-0.39, 0.29) is 5.41 Å². The molecule has 2 rings (SSSR count). The highest BCUT2D eigenvalue weighted by molar-refractivity contribution is 5.75. The van der Waals surface area contributed by atoms with Crippen molar-refractivity contribution in [2.24, 2.45) is 5.41 Å². The van der Waals surface area contributed by atoms with Crippen molar-refractivity contribution in [3.05, 3.63) is 47.8 Å². The molecule has 0 fully saturated rings. The molecule has 2 nitrogen and oxygen atoms in total. The molecule has 0 radical (unpaired) electrons. The third kappa shape index (κ3) is 2.32. The molecule has 0 amide bonds. The van der Waals surface area contributed by atoms with E-state index in [2.05, 4.69) is 55.3 Å². The highest BCUT2D eigenvalue weighted by Crippen LogP contribution is 2.31. The largest absolute Gasteiger partial charge is 0.285 e. The summed E-state index contributed by atoms with van der Waals surface area (Å²) < 4.78 is 0. The Labute approximate surface area is 96.8 Å². The third-order valence-electron chi connectivity index (χ3n) is 2.89. The minimum atomic E-state index is 0.243. The van der Waals surface area contributed by atoms with Crippen LogP contribution in [0.1, 0.15) is 32.8 Å². The molecule has 1 aliphatic rings. The van der Waals surface area contributed by atoms with Crippen molar-refractivity contribution in [3.8, 4) is 0 Å². The van der Waals surface area contributed by atoms with E-state index in [9.17, 15) is 0 Å². The molecule has 16 heavy (non-hydrogen) atoms. The molecule has 0 aromatic carbocycles. The zero-order chi connectivity index (χ0) is 11.6. The lowest BCUT2D eigenvalue weighted by atomic mass is 9.84. The van der Waals surface area contributed by atoms with Crippen LogP contribution in [-0.4, -0.2) is 10.2 Å². The predicted octanol–water partition coefficient (Wildman–Crippen LogP) is 3.73. The van der Waals surface area contributed by atoms with Crippen molar-refractivity contribution in [3.63, 3.8) is 0 Å². The number of allylic oxidation sites excluding steroid dienone is 6. The molecule has 0 spiro atoms. The van der Waals surface area contributed by atoms with Gasteiger partial charge in [0.25, 0.3) is 0 Å². The normalized spacial score (nSPS) is 16.7. The van der Waals surface area contributed by atoms with Gasteiger partial charge in [-0.15, -0.1) is 0 Å². The molecule has 2 heteroatoms. The van der Waals surface area contributed by atoms with Crippen molar-refractivity contribution in [2.45, 2.75) is 27.2 Å². The zero-order valence-electron chi connectivity index (χ0n) is 10.1. The second-order valence-corrected chi connectivity index (χ2v) is 5.16. The Morgan fingerprint density at radius 1 is 1.25 bits per heavy atom. The Kier molecular flexibility index (Phi) is 2.82. The van der Waals surface area contributed by atoms with Crippen LogP contribution in [0.15, 0.2) is 42.3 Å². The van der Waals surface area contributed by atoms with Gasteiger partial charge in [0.15, 0.2) is 0 Å². The molecule has 1 heterocycles. The van der Waals surface area contributed by atoms with Crippen LogP contribution in [0.25, 0.3) is 5.57 Å². The summed E-state index contributed by atoms with van der Waals surface area (Å²) in [6.45, 7) is 6.76. The molecule has 84 valence electrons. The van der Waals surface area contributed by atoms with Crippen LogP contribution in [0, 0.1) is 5.41 Å². The summed E-state index contributed by atoms with van der Waals surface area (Å²) in [5, 5.41) is 6.82. The molecule has 1 aromatic heterocycles. The van der Waals surface area contributed by atoms with Crippen molar-refractivity contribution in [1.82, 2.24) is 10.2 Å². The molecule has 1 aliphatic carbocycles. The minimum Gasteiger partial charge on any atom is -0.285 e. The van der Waals surface area contributed by atoms with Crippen molar-refractivity contribution in [2.75, 3.05) is 0 Å². The number of hydrogen-bond acceptors (Lipinski definition) is 1. The molecule has 0 bridgehead atoms. The van der Waals surface area contributed by atoms with Crippen LogP contribution in [0.2, 0.25) is 0 Å². The first kappa shape index (κ1) is 10.9. The van der Waals surface area contributed by atoms with Crippen LogP contribution in [0.3, 0.4) is 0 Å². The van der Waals surface area contributed by atoms with E-state index in [1.165, 1.54) is 11.1 Å². The third-order valence-corrected chi connectivity index (χ3v) is 2.89. The Morgan fingerprint density at radius 3 is 2.69 bits per heavy atom. The second kappa shape index (κ2) is 4.12. The molecule has 0 unspecified atom stereocenters. The van der Waals surface area contributed by atoms with E-state index in [1.54, 1.807) is 0 Å². The van der Waals surface area contributed by atoms with Gasteiger partial charge in [-0.3, -0.25) is 5.10 Å². The van der Waals surface area contributed by atoms with Gasteiger partial charge in [-0.1, -0.05) is 50.6 Å². The first-order chi connectivity index (χ1) is 7.57. The van der Waals surface area contributed by atoms with E-state index in [4.69, 9.17) is 0 Å². The fourth-order valence-corrected chi connectivity index (χ4v) is 1.78. The van der Waals surface area contributed by atoms with Gasteiger partial charge < -0.3 is 0 Å². The average molecular weight is 214 g/mol. The van der Waals surface area contributed by atoms with Gasteiger partial charge in [0.2, 0.25) is 0 Å². The van der Waals surface area contributed by atoms with Crippen LogP contribution < -0.4 is 0 Å². The van der Waals surface area contributed by atoms with E-state index in [0.29, 0.717) is 0 Å². The Hall–Kier alpha value is -1.57. The maximum Gasteiger partial charge on any atom is 0.0565 e. The molecule has 0 saturated carbocycles. The van der Waals surface area contributed by atoms with Gasteiger partial charge in [-0.05, 0) is 17.4 Å². The molecule has 0 atom stereocenters. The van der Waals surface area contributed by atoms with Crippen LogP contribution in [0.4, 0.5) is 0 Å². The molecule has 1 aromatic rings. The fourth-order valence-electron chi connectivity index (χ4n) is 1.78. The summed E-state index contributed by atoms with van der Waals surface area (Å²) in [6.07, 6.45) is 13.6. The standard InChI is InChI=1S/C14H18N2/c1-14(2,3)13-6-4-5-11(7-8-13)12-9-15-16-10-12/h4-5,7-10H,6H2,1-3H3,(H,15,16). The van der Waals surface area contributed by atoms with Gasteiger partial charge in [-0.2, -0.15) is 5.10 Å². The second-order valence-electron chi connectivity index (χ2n) is 5.16. The van der Waals surface area contributed by atoms with Gasteiger partial charge in [0.1, 0.15) is 0 Å². The lowest BCUT2D eigenvalue weighted by molar-refractivity contribution is 0.494. The number of rotatable bonds is 1. The Balaban J connectivity index is 2.31. The van der Waals surface area contributed by atoms with E-state index in [1.807, 2.05) is 12.4 Å². The van der Waals surface area contributed by atoms with Crippen LogP contribution in [0.5, 0.6) is 0 Å². The number of hydrogen-bond donors (Lipinski definition) is 1. The van der Waals surface area contributed by atoms with E-state index < -0.39 is 0 Å². The monoisotopic (exact) mass is 214 g/mol. The number of nitrogens with one attached hydrogen (secondary N) is 1. The SMILES string of the molecule is CC(C)(C)C1=CC=C(c2cn[nH]c2)C=CC1. The highest BCUT2D eigenvalue weighted by atomic mass is 15.1. The van der Waals surface area contributed by atoms with Crippen molar-refractivity contribution in [1.29, 1.82) is 0 Å². The minimum absolute atomic E-state index is 0.243.